The molecule has 0 bridgehead atoms. The van der Waals surface area contributed by atoms with Gasteiger partial charge in [-0.25, -0.2) is 0 Å². The van der Waals surface area contributed by atoms with E-state index in [0.717, 1.165) is 23.3 Å². The molecule has 0 saturated carbocycles. The van der Waals surface area contributed by atoms with Gasteiger partial charge in [0, 0.05) is 19.0 Å². The smallest absolute Gasteiger partial charge is 0.239 e. The maximum absolute atomic E-state index is 12.3. The van der Waals surface area contributed by atoms with Crippen LogP contribution in [0.1, 0.15) is 35.4 Å². The zero-order chi connectivity index (χ0) is 18.9. The molecule has 2 rings (SSSR count). The fourth-order valence-corrected chi connectivity index (χ4v) is 3.54. The summed E-state index contributed by atoms with van der Waals surface area (Å²) in [5.74, 6) is -0.292. The maximum Gasteiger partial charge on any atom is 0.239 e. The second kappa shape index (κ2) is 10.1. The largest absolute Gasteiger partial charge is 0.358 e. The number of benzene rings is 1. The molecule has 0 unspecified atom stereocenters. The average Bonchev–Trinajstić information content (AvgIpc) is 3.17. The lowest BCUT2D eigenvalue weighted by Gasteiger charge is -2.21. The first kappa shape index (κ1) is 20.1. The van der Waals surface area contributed by atoms with Gasteiger partial charge in [-0.1, -0.05) is 43.7 Å². The van der Waals surface area contributed by atoms with E-state index in [1.54, 1.807) is 25.4 Å². The van der Waals surface area contributed by atoms with E-state index in [0.29, 0.717) is 0 Å². The van der Waals surface area contributed by atoms with Crippen molar-refractivity contribution in [3.63, 3.8) is 0 Å². The molecule has 2 N–H and O–H groups in total. The predicted octanol–water partition coefficient (Wildman–Crippen LogP) is 2.58. The second-order valence-electron chi connectivity index (χ2n) is 6.24. The molecule has 0 spiro atoms. The van der Waals surface area contributed by atoms with Gasteiger partial charge in [0.05, 0.1) is 19.1 Å². The number of carbonyl (C=O) groups is 2. The Balaban J connectivity index is 2.06. The van der Waals surface area contributed by atoms with Gasteiger partial charge in [0.2, 0.25) is 11.8 Å². The Bertz CT molecular complexity index is 698. The van der Waals surface area contributed by atoms with Crippen molar-refractivity contribution in [2.24, 2.45) is 0 Å². The summed E-state index contributed by atoms with van der Waals surface area (Å²) in [5.41, 5.74) is 2.46. The third-order valence-corrected chi connectivity index (χ3v) is 5.16. The van der Waals surface area contributed by atoms with Crippen molar-refractivity contribution >= 4 is 23.2 Å². The molecule has 26 heavy (non-hydrogen) atoms. The Kier molecular flexibility index (Phi) is 7.81. The van der Waals surface area contributed by atoms with Crippen LogP contribution in [0.4, 0.5) is 0 Å². The van der Waals surface area contributed by atoms with E-state index in [2.05, 4.69) is 47.9 Å². The van der Waals surface area contributed by atoms with E-state index in [1.165, 1.54) is 10.5 Å². The first-order chi connectivity index (χ1) is 12.5. The second-order valence-corrected chi connectivity index (χ2v) is 7.22. The van der Waals surface area contributed by atoms with Crippen LogP contribution in [0.5, 0.6) is 0 Å². The average molecular weight is 374 g/mol. The number of nitrogens with zero attached hydrogens (tertiary/aromatic N) is 1. The third-order valence-electron chi connectivity index (χ3n) is 4.22. The molecule has 1 aromatic carbocycles. The lowest BCUT2D eigenvalue weighted by molar-refractivity contribution is -0.133. The van der Waals surface area contributed by atoms with Gasteiger partial charge < -0.3 is 10.2 Å². The number of likely N-dealkylation sites (N-methyl/N-ethyl adjacent to an activating group) is 2. The topological polar surface area (TPSA) is 61.4 Å². The van der Waals surface area contributed by atoms with Crippen LogP contribution in [0.3, 0.4) is 0 Å². The molecule has 0 aliphatic heterocycles. The molecule has 2 amide bonds. The highest BCUT2D eigenvalue weighted by atomic mass is 32.1. The molecule has 0 fully saturated rings. The zero-order valence-corrected chi connectivity index (χ0v) is 16.4. The van der Waals surface area contributed by atoms with Crippen molar-refractivity contribution in [2.45, 2.75) is 25.8 Å². The lowest BCUT2D eigenvalue weighted by atomic mass is 10.0. The lowest BCUT2D eigenvalue weighted by Crippen LogP contribution is -2.42. The minimum Gasteiger partial charge on any atom is -0.358 e. The van der Waals surface area contributed by atoms with Crippen molar-refractivity contribution in [1.82, 2.24) is 15.5 Å². The normalized spacial score (nSPS) is 11.8. The van der Waals surface area contributed by atoms with Gasteiger partial charge in [0.1, 0.15) is 0 Å². The SMILES string of the molecule is CCCc1ccc([C@H](NCC(=O)N(C)CC(=O)NC)c2cccs2)cc1. The molecule has 5 nitrogen and oxygen atoms in total. The molecular weight excluding hydrogens is 346 g/mol. The fraction of sp³-hybridized carbons (Fsp3) is 0.400. The number of hydrogen-bond acceptors (Lipinski definition) is 4. The van der Waals surface area contributed by atoms with Crippen LogP contribution >= 0.6 is 11.3 Å². The number of hydrogen-bond donors (Lipinski definition) is 2. The Labute approximate surface area is 159 Å². The van der Waals surface area contributed by atoms with Gasteiger partial charge in [0.25, 0.3) is 0 Å². The van der Waals surface area contributed by atoms with E-state index in [4.69, 9.17) is 0 Å². The molecule has 0 aliphatic carbocycles. The highest BCUT2D eigenvalue weighted by Crippen LogP contribution is 2.26. The molecule has 1 atom stereocenters. The molecule has 0 aliphatic rings. The molecule has 0 saturated heterocycles. The summed E-state index contributed by atoms with van der Waals surface area (Å²) in [6.07, 6.45) is 2.19. The summed E-state index contributed by atoms with van der Waals surface area (Å²) >= 11 is 1.66. The van der Waals surface area contributed by atoms with Crippen LogP contribution in [-0.4, -0.2) is 43.9 Å². The number of amides is 2. The number of carbonyl (C=O) groups excluding carboxylic acids is 2. The first-order valence-electron chi connectivity index (χ1n) is 8.85. The van der Waals surface area contributed by atoms with Crippen molar-refractivity contribution in [1.29, 1.82) is 0 Å². The zero-order valence-electron chi connectivity index (χ0n) is 15.6. The number of aryl methyl sites for hydroxylation is 1. The minimum absolute atomic E-state index is 0.0389. The summed E-state index contributed by atoms with van der Waals surface area (Å²) in [6.45, 7) is 2.41. The van der Waals surface area contributed by atoms with Crippen LogP contribution < -0.4 is 10.6 Å². The van der Waals surface area contributed by atoms with Gasteiger partial charge >= 0.3 is 0 Å². The van der Waals surface area contributed by atoms with Gasteiger partial charge in [-0.05, 0) is 29.0 Å². The van der Waals surface area contributed by atoms with E-state index >= 15 is 0 Å². The molecule has 1 heterocycles. The highest BCUT2D eigenvalue weighted by Gasteiger charge is 2.18. The van der Waals surface area contributed by atoms with Crippen molar-refractivity contribution in [3.8, 4) is 0 Å². The van der Waals surface area contributed by atoms with Crippen LogP contribution in [0.25, 0.3) is 0 Å². The van der Waals surface area contributed by atoms with Crippen LogP contribution in [0.15, 0.2) is 41.8 Å². The van der Waals surface area contributed by atoms with Gasteiger partial charge in [0.15, 0.2) is 0 Å². The van der Waals surface area contributed by atoms with E-state index in [9.17, 15) is 9.59 Å². The van der Waals surface area contributed by atoms with Gasteiger partial charge in [-0.15, -0.1) is 11.3 Å². The van der Waals surface area contributed by atoms with Crippen LogP contribution in [-0.2, 0) is 16.0 Å². The van der Waals surface area contributed by atoms with Gasteiger partial charge in [-0.2, -0.15) is 0 Å². The van der Waals surface area contributed by atoms with Crippen molar-refractivity contribution in [2.75, 3.05) is 27.2 Å². The Hall–Kier alpha value is -2.18. The number of thiophene rings is 1. The van der Waals surface area contributed by atoms with E-state index < -0.39 is 0 Å². The fourth-order valence-electron chi connectivity index (χ4n) is 2.71. The van der Waals surface area contributed by atoms with Crippen molar-refractivity contribution < 1.29 is 9.59 Å². The van der Waals surface area contributed by atoms with Crippen molar-refractivity contribution in [3.05, 3.63) is 57.8 Å². The molecular formula is C20H27N3O2S. The molecule has 6 heteroatoms. The summed E-state index contributed by atoms with van der Waals surface area (Å²) in [6, 6.07) is 12.6. The van der Waals surface area contributed by atoms with Gasteiger partial charge in [-0.3, -0.25) is 14.9 Å². The predicted molar refractivity (Wildman–Crippen MR) is 106 cm³/mol. The standard InChI is InChI=1S/C20H27N3O2S/c1-4-6-15-8-10-16(11-9-15)20(17-7-5-12-26-17)22-13-19(25)23(3)14-18(24)21-2/h5,7-12,20,22H,4,6,13-14H2,1-3H3,(H,21,24)/t20-/m0/s1. The summed E-state index contributed by atoms with van der Waals surface area (Å²) < 4.78 is 0. The maximum atomic E-state index is 12.3. The van der Waals surface area contributed by atoms with E-state index in [-0.39, 0.29) is 30.9 Å². The first-order valence-corrected chi connectivity index (χ1v) is 9.73. The Morgan fingerprint density at radius 1 is 1.19 bits per heavy atom. The molecule has 140 valence electrons. The number of nitrogens with one attached hydrogen (secondary N) is 2. The minimum atomic E-state index is -0.179. The summed E-state index contributed by atoms with van der Waals surface area (Å²) in [7, 11) is 3.20. The third kappa shape index (κ3) is 5.68. The summed E-state index contributed by atoms with van der Waals surface area (Å²) in [5, 5.41) is 7.91. The highest BCUT2D eigenvalue weighted by molar-refractivity contribution is 7.10. The molecule has 1 aromatic heterocycles. The quantitative estimate of drug-likeness (QED) is 0.710. The monoisotopic (exact) mass is 373 g/mol. The number of rotatable bonds is 9. The summed E-state index contributed by atoms with van der Waals surface area (Å²) in [4.78, 5) is 26.4. The Morgan fingerprint density at radius 2 is 1.92 bits per heavy atom. The van der Waals surface area contributed by atoms with Crippen LogP contribution in [0.2, 0.25) is 0 Å². The van der Waals surface area contributed by atoms with Crippen LogP contribution in [0, 0.1) is 0 Å². The van der Waals surface area contributed by atoms with E-state index in [1.807, 2.05) is 11.4 Å². The molecule has 0 radical (unpaired) electrons. The Morgan fingerprint density at radius 3 is 2.50 bits per heavy atom. The molecule has 2 aromatic rings.